The predicted octanol–water partition coefficient (Wildman–Crippen LogP) is 2.30. The number of benzene rings is 2. The van der Waals surface area contributed by atoms with Crippen molar-refractivity contribution in [1.82, 2.24) is 5.32 Å². The number of anilines is 2. The van der Waals surface area contributed by atoms with Gasteiger partial charge in [-0.1, -0.05) is 6.07 Å². The molecule has 0 aliphatic rings. The topological polar surface area (TPSA) is 87.7 Å². The Morgan fingerprint density at radius 2 is 1.70 bits per heavy atom. The molecule has 0 heterocycles. The van der Waals surface area contributed by atoms with E-state index >= 15 is 0 Å². The van der Waals surface area contributed by atoms with Crippen LogP contribution in [0.2, 0.25) is 0 Å². The zero-order valence-corrected chi connectivity index (χ0v) is 15.6. The first-order valence-corrected chi connectivity index (χ1v) is 8.53. The van der Waals surface area contributed by atoms with Gasteiger partial charge in [-0.2, -0.15) is 0 Å². The summed E-state index contributed by atoms with van der Waals surface area (Å²) in [5, 5.41) is 5.29. The lowest BCUT2D eigenvalue weighted by atomic mass is 10.2. The largest absolute Gasteiger partial charge is 0.452 e. The third-order valence-corrected chi connectivity index (χ3v) is 3.70. The summed E-state index contributed by atoms with van der Waals surface area (Å²) < 4.78 is 5.03. The third kappa shape index (κ3) is 5.85. The number of amides is 2. The molecule has 2 aromatic rings. The molecule has 27 heavy (non-hydrogen) atoms. The van der Waals surface area contributed by atoms with E-state index in [1.807, 2.05) is 25.9 Å². The fraction of sp³-hybridized carbons (Fsp3) is 0.250. The second kappa shape index (κ2) is 9.38. The van der Waals surface area contributed by atoms with Gasteiger partial charge in [0.25, 0.3) is 11.8 Å². The van der Waals surface area contributed by atoms with Crippen LogP contribution in [-0.4, -0.2) is 45.0 Å². The third-order valence-electron chi connectivity index (χ3n) is 3.70. The Labute approximate surface area is 158 Å². The predicted molar refractivity (Wildman–Crippen MR) is 104 cm³/mol. The molecular weight excluding hydrogens is 346 g/mol. The number of esters is 1. The summed E-state index contributed by atoms with van der Waals surface area (Å²) in [4.78, 5) is 37.8. The van der Waals surface area contributed by atoms with Gasteiger partial charge in [-0.25, -0.2) is 4.79 Å². The summed E-state index contributed by atoms with van der Waals surface area (Å²) in [5.41, 5.74) is 2.21. The van der Waals surface area contributed by atoms with E-state index in [1.165, 1.54) is 0 Å². The molecule has 0 saturated heterocycles. The maximum Gasteiger partial charge on any atom is 0.338 e. The average Bonchev–Trinajstić information content (AvgIpc) is 2.66. The van der Waals surface area contributed by atoms with E-state index in [1.54, 1.807) is 48.5 Å². The molecule has 0 unspecified atom stereocenters. The standard InChI is InChI=1S/C20H23N3O4/c1-4-21-19(25)15-6-5-7-16(12-15)22-18(24)13-27-20(26)14-8-10-17(11-9-14)23(2)3/h5-12H,4,13H2,1-3H3,(H,21,25)(H,22,24). The molecule has 0 spiro atoms. The fourth-order valence-electron chi connectivity index (χ4n) is 2.31. The van der Waals surface area contributed by atoms with Crippen LogP contribution in [0.25, 0.3) is 0 Å². The lowest BCUT2D eigenvalue weighted by molar-refractivity contribution is -0.119. The molecule has 7 nitrogen and oxygen atoms in total. The molecule has 0 aromatic heterocycles. The number of hydrogen-bond acceptors (Lipinski definition) is 5. The second-order valence-electron chi connectivity index (χ2n) is 6.01. The van der Waals surface area contributed by atoms with Crippen molar-refractivity contribution in [3.63, 3.8) is 0 Å². The Morgan fingerprint density at radius 3 is 2.33 bits per heavy atom. The molecule has 0 fully saturated rings. The lowest BCUT2D eigenvalue weighted by Crippen LogP contribution is -2.23. The summed E-state index contributed by atoms with van der Waals surface area (Å²) in [6.07, 6.45) is 0. The van der Waals surface area contributed by atoms with Crippen molar-refractivity contribution < 1.29 is 19.1 Å². The Morgan fingerprint density at radius 1 is 1.00 bits per heavy atom. The molecule has 0 bridgehead atoms. The zero-order valence-electron chi connectivity index (χ0n) is 15.6. The van der Waals surface area contributed by atoms with Crippen molar-refractivity contribution in [2.24, 2.45) is 0 Å². The second-order valence-corrected chi connectivity index (χ2v) is 6.01. The summed E-state index contributed by atoms with van der Waals surface area (Å²) in [6, 6.07) is 13.4. The minimum absolute atomic E-state index is 0.221. The minimum Gasteiger partial charge on any atom is -0.452 e. The highest BCUT2D eigenvalue weighted by Gasteiger charge is 2.12. The molecule has 142 valence electrons. The van der Waals surface area contributed by atoms with E-state index in [0.717, 1.165) is 5.69 Å². The smallest absolute Gasteiger partial charge is 0.338 e. The fourth-order valence-corrected chi connectivity index (χ4v) is 2.31. The highest BCUT2D eigenvalue weighted by molar-refractivity contribution is 5.98. The first-order valence-electron chi connectivity index (χ1n) is 8.53. The Balaban J connectivity index is 1.89. The van der Waals surface area contributed by atoms with Gasteiger partial charge >= 0.3 is 5.97 Å². The van der Waals surface area contributed by atoms with Crippen molar-refractivity contribution >= 4 is 29.2 Å². The van der Waals surface area contributed by atoms with Crippen molar-refractivity contribution in [1.29, 1.82) is 0 Å². The maximum atomic E-state index is 12.0. The van der Waals surface area contributed by atoms with E-state index in [0.29, 0.717) is 23.4 Å². The molecule has 7 heteroatoms. The number of carbonyl (C=O) groups excluding carboxylic acids is 3. The molecule has 2 amide bonds. The van der Waals surface area contributed by atoms with Crippen LogP contribution in [0, 0.1) is 0 Å². The van der Waals surface area contributed by atoms with Gasteiger partial charge in [0.2, 0.25) is 0 Å². The number of carbonyl (C=O) groups is 3. The first-order chi connectivity index (χ1) is 12.9. The van der Waals surface area contributed by atoms with Gasteiger partial charge in [-0.3, -0.25) is 9.59 Å². The zero-order chi connectivity index (χ0) is 19.8. The van der Waals surface area contributed by atoms with E-state index in [9.17, 15) is 14.4 Å². The summed E-state index contributed by atoms with van der Waals surface area (Å²) >= 11 is 0. The van der Waals surface area contributed by atoms with Crippen LogP contribution in [0.1, 0.15) is 27.6 Å². The molecule has 2 N–H and O–H groups in total. The van der Waals surface area contributed by atoms with Gasteiger partial charge in [-0.15, -0.1) is 0 Å². The van der Waals surface area contributed by atoms with Crippen LogP contribution >= 0.6 is 0 Å². The first kappa shape index (κ1) is 20.0. The van der Waals surface area contributed by atoms with Crippen LogP contribution in [0.4, 0.5) is 11.4 Å². The molecular formula is C20H23N3O4. The van der Waals surface area contributed by atoms with Gasteiger partial charge in [0.05, 0.1) is 5.56 Å². The molecule has 2 rings (SSSR count). The van der Waals surface area contributed by atoms with E-state index in [-0.39, 0.29) is 5.91 Å². The van der Waals surface area contributed by atoms with E-state index in [2.05, 4.69) is 10.6 Å². The maximum absolute atomic E-state index is 12.0. The minimum atomic E-state index is -0.577. The van der Waals surface area contributed by atoms with E-state index < -0.39 is 18.5 Å². The molecule has 2 aromatic carbocycles. The highest BCUT2D eigenvalue weighted by Crippen LogP contribution is 2.13. The summed E-state index contributed by atoms with van der Waals surface area (Å²) in [5.74, 6) is -1.28. The van der Waals surface area contributed by atoms with Gasteiger partial charge in [0.1, 0.15) is 0 Å². The van der Waals surface area contributed by atoms with Crippen molar-refractivity contribution in [2.45, 2.75) is 6.92 Å². The van der Waals surface area contributed by atoms with Crippen LogP contribution in [0.15, 0.2) is 48.5 Å². The Bertz CT molecular complexity index is 816. The summed E-state index contributed by atoms with van der Waals surface area (Å²) in [6.45, 7) is 1.92. The van der Waals surface area contributed by atoms with Crippen molar-refractivity contribution in [3.8, 4) is 0 Å². The Kier molecular flexibility index (Phi) is 6.93. The molecule has 0 atom stereocenters. The number of nitrogens with one attached hydrogen (secondary N) is 2. The van der Waals surface area contributed by atoms with E-state index in [4.69, 9.17) is 4.74 Å². The quantitative estimate of drug-likeness (QED) is 0.731. The van der Waals surface area contributed by atoms with Crippen molar-refractivity contribution in [3.05, 3.63) is 59.7 Å². The van der Waals surface area contributed by atoms with Crippen molar-refractivity contribution in [2.75, 3.05) is 37.5 Å². The van der Waals surface area contributed by atoms with Gasteiger partial charge in [0, 0.05) is 37.6 Å². The molecule has 0 aliphatic carbocycles. The van der Waals surface area contributed by atoms with Gasteiger partial charge in [-0.05, 0) is 49.4 Å². The number of ether oxygens (including phenoxy) is 1. The normalized spacial score (nSPS) is 10.0. The molecule has 0 saturated carbocycles. The number of hydrogen-bond donors (Lipinski definition) is 2. The molecule has 0 radical (unpaired) electrons. The number of nitrogens with zero attached hydrogens (tertiary/aromatic N) is 1. The van der Waals surface area contributed by atoms with Crippen LogP contribution in [-0.2, 0) is 9.53 Å². The monoisotopic (exact) mass is 369 g/mol. The van der Waals surface area contributed by atoms with Gasteiger partial charge in [0.15, 0.2) is 6.61 Å². The summed E-state index contributed by atoms with van der Waals surface area (Å²) in [7, 11) is 3.80. The average molecular weight is 369 g/mol. The highest BCUT2D eigenvalue weighted by atomic mass is 16.5. The van der Waals surface area contributed by atoms with Crippen LogP contribution in [0.3, 0.4) is 0 Å². The van der Waals surface area contributed by atoms with Gasteiger partial charge < -0.3 is 20.3 Å². The molecule has 0 aliphatic heterocycles. The van der Waals surface area contributed by atoms with Crippen LogP contribution < -0.4 is 15.5 Å². The number of rotatable bonds is 7. The van der Waals surface area contributed by atoms with Crippen LogP contribution in [0.5, 0.6) is 0 Å². The lowest BCUT2D eigenvalue weighted by Gasteiger charge is -2.12. The Hall–Kier alpha value is -3.35. The SMILES string of the molecule is CCNC(=O)c1cccc(NC(=O)COC(=O)c2ccc(N(C)C)cc2)c1.